The molecule has 1 unspecified atom stereocenters. The van der Waals surface area contributed by atoms with Crippen molar-refractivity contribution in [2.75, 3.05) is 6.54 Å². The number of aromatic amines is 1. The Labute approximate surface area is 95.8 Å². The molecule has 0 saturated heterocycles. The third kappa shape index (κ3) is 3.66. The van der Waals surface area contributed by atoms with Gasteiger partial charge in [-0.15, -0.1) is 0 Å². The lowest BCUT2D eigenvalue weighted by Crippen LogP contribution is -2.45. The molecular weight excluding hydrogens is 204 g/mol. The van der Waals surface area contributed by atoms with E-state index in [1.54, 1.807) is 12.4 Å². The van der Waals surface area contributed by atoms with Gasteiger partial charge in [-0.3, -0.25) is 4.79 Å². The molecular formula is C11H20N4O. The summed E-state index contributed by atoms with van der Waals surface area (Å²) in [4.78, 5) is 18.7. The van der Waals surface area contributed by atoms with Crippen molar-refractivity contribution in [3.05, 3.63) is 18.2 Å². The van der Waals surface area contributed by atoms with Crippen LogP contribution in [0.4, 0.5) is 0 Å². The number of nitrogens with two attached hydrogens (primary N) is 1. The van der Waals surface area contributed by atoms with E-state index in [1.165, 1.54) is 0 Å². The Balaban J connectivity index is 2.24. The van der Waals surface area contributed by atoms with Gasteiger partial charge in [-0.1, -0.05) is 20.3 Å². The van der Waals surface area contributed by atoms with Crippen LogP contribution in [0.25, 0.3) is 0 Å². The summed E-state index contributed by atoms with van der Waals surface area (Å²) < 4.78 is 0. The van der Waals surface area contributed by atoms with E-state index < -0.39 is 6.04 Å². The van der Waals surface area contributed by atoms with Crippen molar-refractivity contribution in [1.29, 1.82) is 0 Å². The second-order valence-electron chi connectivity index (χ2n) is 3.99. The molecule has 1 rings (SSSR count). The lowest BCUT2D eigenvalue weighted by Gasteiger charge is -2.17. The molecule has 0 fully saturated rings. The lowest BCUT2D eigenvalue weighted by atomic mass is 9.99. The number of H-pyrrole nitrogens is 1. The highest BCUT2D eigenvalue weighted by Crippen LogP contribution is 2.04. The maximum atomic E-state index is 11.6. The predicted octanol–water partition coefficient (Wildman–Crippen LogP) is 0.442. The highest BCUT2D eigenvalue weighted by atomic mass is 16.2. The zero-order valence-electron chi connectivity index (χ0n) is 9.86. The number of carbonyl (C=O) groups excluding carboxylic acids is 1. The van der Waals surface area contributed by atoms with E-state index in [2.05, 4.69) is 15.3 Å². The van der Waals surface area contributed by atoms with Gasteiger partial charge in [0.05, 0.1) is 6.04 Å². The number of nitrogens with zero attached hydrogens (tertiary/aromatic N) is 1. The Morgan fingerprint density at radius 1 is 1.69 bits per heavy atom. The van der Waals surface area contributed by atoms with E-state index >= 15 is 0 Å². The van der Waals surface area contributed by atoms with Crippen molar-refractivity contribution in [2.24, 2.45) is 11.7 Å². The average molecular weight is 224 g/mol. The van der Waals surface area contributed by atoms with Gasteiger partial charge >= 0.3 is 0 Å². The first kappa shape index (κ1) is 12.7. The molecule has 4 N–H and O–H groups in total. The summed E-state index contributed by atoms with van der Waals surface area (Å²) >= 11 is 0. The average Bonchev–Trinajstić information content (AvgIpc) is 2.79. The summed E-state index contributed by atoms with van der Waals surface area (Å²) in [5.74, 6) is 1.00. The van der Waals surface area contributed by atoms with Gasteiger partial charge in [-0.05, 0) is 5.92 Å². The van der Waals surface area contributed by atoms with Crippen molar-refractivity contribution in [3.63, 3.8) is 0 Å². The van der Waals surface area contributed by atoms with Gasteiger partial charge in [0.15, 0.2) is 0 Å². The fourth-order valence-corrected chi connectivity index (χ4v) is 1.37. The normalized spacial score (nSPS) is 14.4. The SMILES string of the molecule is CCC(C)[C@H](N)C(=O)NCCc1ncc[nH]1. The lowest BCUT2D eigenvalue weighted by molar-refractivity contribution is -0.123. The molecule has 0 aliphatic rings. The summed E-state index contributed by atoms with van der Waals surface area (Å²) in [7, 11) is 0. The summed E-state index contributed by atoms with van der Waals surface area (Å²) in [6, 6.07) is -0.415. The fourth-order valence-electron chi connectivity index (χ4n) is 1.37. The van der Waals surface area contributed by atoms with Gasteiger partial charge < -0.3 is 16.0 Å². The van der Waals surface area contributed by atoms with Crippen molar-refractivity contribution in [3.8, 4) is 0 Å². The second kappa shape index (κ2) is 6.27. The maximum absolute atomic E-state index is 11.6. The molecule has 1 amide bonds. The zero-order valence-corrected chi connectivity index (χ0v) is 9.86. The number of hydrogen-bond donors (Lipinski definition) is 3. The molecule has 90 valence electrons. The quantitative estimate of drug-likeness (QED) is 0.655. The van der Waals surface area contributed by atoms with Crippen molar-refractivity contribution < 1.29 is 4.79 Å². The molecule has 5 heteroatoms. The van der Waals surface area contributed by atoms with Crippen LogP contribution in [0.2, 0.25) is 0 Å². The van der Waals surface area contributed by atoms with E-state index in [-0.39, 0.29) is 11.8 Å². The van der Waals surface area contributed by atoms with Crippen molar-refractivity contribution in [2.45, 2.75) is 32.7 Å². The number of amides is 1. The Morgan fingerprint density at radius 3 is 3.00 bits per heavy atom. The van der Waals surface area contributed by atoms with E-state index in [0.717, 1.165) is 12.2 Å². The molecule has 0 saturated carbocycles. The summed E-state index contributed by atoms with van der Waals surface area (Å²) in [6.07, 6.45) is 5.07. The summed E-state index contributed by atoms with van der Waals surface area (Å²) in [6.45, 7) is 4.58. The number of imidazole rings is 1. The minimum atomic E-state index is -0.415. The van der Waals surface area contributed by atoms with Crippen LogP contribution in [-0.2, 0) is 11.2 Å². The first-order chi connectivity index (χ1) is 7.65. The Morgan fingerprint density at radius 2 is 2.44 bits per heavy atom. The molecule has 0 aromatic carbocycles. The predicted molar refractivity (Wildman–Crippen MR) is 62.7 cm³/mol. The maximum Gasteiger partial charge on any atom is 0.237 e. The molecule has 0 radical (unpaired) electrons. The van der Waals surface area contributed by atoms with Crippen LogP contribution < -0.4 is 11.1 Å². The van der Waals surface area contributed by atoms with Crippen LogP contribution in [0.1, 0.15) is 26.1 Å². The van der Waals surface area contributed by atoms with E-state index in [4.69, 9.17) is 5.73 Å². The highest BCUT2D eigenvalue weighted by Gasteiger charge is 2.18. The number of aromatic nitrogens is 2. The summed E-state index contributed by atoms with van der Waals surface area (Å²) in [5.41, 5.74) is 5.80. The molecule has 0 bridgehead atoms. The zero-order chi connectivity index (χ0) is 12.0. The van der Waals surface area contributed by atoms with Crippen LogP contribution in [-0.4, -0.2) is 28.5 Å². The summed E-state index contributed by atoms with van der Waals surface area (Å²) in [5, 5.41) is 2.81. The van der Waals surface area contributed by atoms with E-state index in [9.17, 15) is 4.79 Å². The molecule has 0 aliphatic heterocycles. The molecule has 16 heavy (non-hydrogen) atoms. The number of nitrogens with one attached hydrogen (secondary N) is 2. The third-order valence-electron chi connectivity index (χ3n) is 2.78. The minimum Gasteiger partial charge on any atom is -0.354 e. The molecule has 1 aromatic rings. The molecule has 2 atom stereocenters. The van der Waals surface area contributed by atoms with Gasteiger partial charge in [0.25, 0.3) is 0 Å². The number of hydrogen-bond acceptors (Lipinski definition) is 3. The van der Waals surface area contributed by atoms with Gasteiger partial charge in [0.1, 0.15) is 5.82 Å². The van der Waals surface area contributed by atoms with E-state index in [0.29, 0.717) is 13.0 Å². The van der Waals surface area contributed by atoms with Crippen LogP contribution in [0.15, 0.2) is 12.4 Å². The largest absolute Gasteiger partial charge is 0.354 e. The minimum absolute atomic E-state index is 0.0825. The van der Waals surface area contributed by atoms with Gasteiger partial charge in [0.2, 0.25) is 5.91 Å². The van der Waals surface area contributed by atoms with Crippen molar-refractivity contribution in [1.82, 2.24) is 15.3 Å². The molecule has 5 nitrogen and oxygen atoms in total. The first-order valence-electron chi connectivity index (χ1n) is 5.66. The highest BCUT2D eigenvalue weighted by molar-refractivity contribution is 5.81. The third-order valence-corrected chi connectivity index (χ3v) is 2.78. The van der Waals surface area contributed by atoms with E-state index in [1.807, 2.05) is 13.8 Å². The van der Waals surface area contributed by atoms with Gasteiger partial charge in [-0.2, -0.15) is 0 Å². The Kier molecular flexibility index (Phi) is 4.98. The standard InChI is InChI=1S/C11H20N4O/c1-3-8(2)10(12)11(16)15-5-4-9-13-6-7-14-9/h6-8,10H,3-5,12H2,1-2H3,(H,13,14)(H,15,16)/t8?,10-/m0/s1. The fraction of sp³-hybridized carbons (Fsp3) is 0.636. The second-order valence-corrected chi connectivity index (χ2v) is 3.99. The van der Waals surface area contributed by atoms with Crippen LogP contribution in [0, 0.1) is 5.92 Å². The van der Waals surface area contributed by atoms with Gasteiger partial charge in [0, 0.05) is 25.4 Å². The molecule has 1 heterocycles. The number of carbonyl (C=O) groups is 1. The number of rotatable bonds is 6. The monoisotopic (exact) mass is 224 g/mol. The van der Waals surface area contributed by atoms with Crippen molar-refractivity contribution >= 4 is 5.91 Å². The first-order valence-corrected chi connectivity index (χ1v) is 5.66. The Hall–Kier alpha value is -1.36. The Bertz CT molecular complexity index is 310. The van der Waals surface area contributed by atoms with Crippen LogP contribution in [0.5, 0.6) is 0 Å². The molecule has 0 spiro atoms. The van der Waals surface area contributed by atoms with Crippen LogP contribution in [0.3, 0.4) is 0 Å². The smallest absolute Gasteiger partial charge is 0.237 e. The molecule has 1 aromatic heterocycles. The topological polar surface area (TPSA) is 83.8 Å². The van der Waals surface area contributed by atoms with Crippen LogP contribution >= 0.6 is 0 Å². The van der Waals surface area contributed by atoms with Gasteiger partial charge in [-0.25, -0.2) is 4.98 Å². The molecule has 0 aliphatic carbocycles.